The number of amides is 1. The molecule has 1 fully saturated rings. The van der Waals surface area contributed by atoms with Gasteiger partial charge in [-0.25, -0.2) is 4.98 Å². The number of aryl methyl sites for hydroxylation is 1. The standard InChI is InChI=1S/C19H18ClN5O3S/c1-10-6-11(12-7-15(20)22-9-14(12)27-2)13(8-21-10)16(26)23-18-25-24-17(29-18)19(28-3)4-5-19/h6-9H,4-5H2,1-3H3,(H,23,25,26). The Hall–Kier alpha value is -2.62. The van der Waals surface area contributed by atoms with Gasteiger partial charge >= 0.3 is 0 Å². The van der Waals surface area contributed by atoms with E-state index < -0.39 is 0 Å². The monoisotopic (exact) mass is 431 g/mol. The molecule has 1 aliphatic rings. The topological polar surface area (TPSA) is 99.1 Å². The molecule has 3 heterocycles. The fraction of sp³-hybridized carbons (Fsp3) is 0.316. The van der Waals surface area contributed by atoms with E-state index in [9.17, 15) is 4.79 Å². The van der Waals surface area contributed by atoms with Crippen LogP contribution in [-0.2, 0) is 10.3 Å². The molecule has 1 N–H and O–H groups in total. The number of hydrogen-bond donors (Lipinski definition) is 1. The molecule has 10 heteroatoms. The number of halogens is 1. The van der Waals surface area contributed by atoms with Crippen molar-refractivity contribution in [3.8, 4) is 16.9 Å². The molecule has 8 nitrogen and oxygen atoms in total. The highest BCUT2D eigenvalue weighted by Crippen LogP contribution is 2.50. The first kappa shape index (κ1) is 19.7. The highest BCUT2D eigenvalue weighted by atomic mass is 35.5. The minimum absolute atomic E-state index is 0.296. The number of carbonyl (C=O) groups excluding carboxylic acids is 1. The van der Waals surface area contributed by atoms with Gasteiger partial charge in [-0.15, -0.1) is 10.2 Å². The lowest BCUT2D eigenvalue weighted by molar-refractivity contribution is 0.0781. The molecule has 0 aliphatic heterocycles. The molecule has 0 atom stereocenters. The van der Waals surface area contributed by atoms with Crippen molar-refractivity contribution in [2.45, 2.75) is 25.4 Å². The first-order valence-electron chi connectivity index (χ1n) is 8.83. The fourth-order valence-corrected chi connectivity index (χ4v) is 4.12. The summed E-state index contributed by atoms with van der Waals surface area (Å²) in [5.41, 5.74) is 2.05. The number of ether oxygens (including phenoxy) is 2. The molecule has 1 amide bonds. The quantitative estimate of drug-likeness (QED) is 0.591. The largest absolute Gasteiger partial charge is 0.494 e. The number of pyridine rings is 2. The number of anilines is 1. The molecular formula is C19H18ClN5O3S. The van der Waals surface area contributed by atoms with E-state index >= 15 is 0 Å². The van der Waals surface area contributed by atoms with Crippen LogP contribution in [0.15, 0.2) is 24.5 Å². The summed E-state index contributed by atoms with van der Waals surface area (Å²) in [7, 11) is 3.19. The molecule has 4 rings (SSSR count). The summed E-state index contributed by atoms with van der Waals surface area (Å²) in [6.45, 7) is 1.84. The third-order valence-corrected chi connectivity index (χ3v) is 5.99. The van der Waals surface area contributed by atoms with Crippen molar-refractivity contribution in [3.63, 3.8) is 0 Å². The minimum atomic E-state index is -0.354. The predicted molar refractivity (Wildman–Crippen MR) is 110 cm³/mol. The Kier molecular flexibility index (Phi) is 5.20. The van der Waals surface area contributed by atoms with Crippen LogP contribution < -0.4 is 10.1 Å². The number of carbonyl (C=O) groups is 1. The Balaban J connectivity index is 1.67. The van der Waals surface area contributed by atoms with Crippen molar-refractivity contribution in [1.29, 1.82) is 0 Å². The summed E-state index contributed by atoms with van der Waals surface area (Å²) in [6, 6.07) is 3.46. The van der Waals surface area contributed by atoms with Crippen molar-refractivity contribution >= 4 is 34.0 Å². The van der Waals surface area contributed by atoms with E-state index in [-0.39, 0.29) is 11.5 Å². The Morgan fingerprint density at radius 3 is 2.66 bits per heavy atom. The maximum atomic E-state index is 13.0. The Bertz CT molecular complexity index is 1080. The van der Waals surface area contributed by atoms with Gasteiger partial charge in [0.1, 0.15) is 16.5 Å². The van der Waals surface area contributed by atoms with Gasteiger partial charge in [-0.3, -0.25) is 15.1 Å². The molecule has 29 heavy (non-hydrogen) atoms. The van der Waals surface area contributed by atoms with Crippen LogP contribution >= 0.6 is 22.9 Å². The van der Waals surface area contributed by atoms with Gasteiger partial charge in [-0.2, -0.15) is 0 Å². The number of rotatable bonds is 6. The van der Waals surface area contributed by atoms with Crippen LogP contribution in [0.2, 0.25) is 5.15 Å². The number of aromatic nitrogens is 4. The Morgan fingerprint density at radius 1 is 1.17 bits per heavy atom. The second kappa shape index (κ2) is 7.66. The summed E-state index contributed by atoms with van der Waals surface area (Å²) < 4.78 is 10.9. The van der Waals surface area contributed by atoms with Crippen molar-refractivity contribution < 1.29 is 14.3 Å². The van der Waals surface area contributed by atoms with Crippen LogP contribution in [0.5, 0.6) is 5.75 Å². The molecule has 0 bridgehead atoms. The maximum absolute atomic E-state index is 13.0. The molecule has 0 saturated heterocycles. The molecule has 0 aromatic carbocycles. The number of methoxy groups -OCH3 is 2. The van der Waals surface area contributed by atoms with Crippen LogP contribution in [0.4, 0.5) is 5.13 Å². The van der Waals surface area contributed by atoms with Crippen LogP contribution in [0.3, 0.4) is 0 Å². The van der Waals surface area contributed by atoms with Crippen LogP contribution in [-0.4, -0.2) is 40.3 Å². The summed E-state index contributed by atoms with van der Waals surface area (Å²) in [5, 5.41) is 12.5. The van der Waals surface area contributed by atoms with E-state index in [1.807, 2.05) is 6.92 Å². The molecule has 0 radical (unpaired) electrons. The Morgan fingerprint density at radius 2 is 1.97 bits per heavy atom. The highest BCUT2D eigenvalue weighted by molar-refractivity contribution is 7.15. The van der Waals surface area contributed by atoms with Crippen LogP contribution in [0.1, 0.15) is 33.9 Å². The predicted octanol–water partition coefficient (Wildman–Crippen LogP) is 3.85. The van der Waals surface area contributed by atoms with Crippen molar-refractivity contribution in [2.75, 3.05) is 19.5 Å². The average Bonchev–Trinajstić information content (AvgIpc) is 3.39. The second-order valence-electron chi connectivity index (χ2n) is 6.64. The maximum Gasteiger partial charge on any atom is 0.259 e. The smallest absolute Gasteiger partial charge is 0.259 e. The normalized spacial score (nSPS) is 14.5. The molecule has 3 aromatic heterocycles. The van der Waals surface area contributed by atoms with Crippen molar-refractivity contribution in [2.24, 2.45) is 0 Å². The van der Waals surface area contributed by atoms with Gasteiger partial charge in [0.05, 0.1) is 18.9 Å². The zero-order valence-electron chi connectivity index (χ0n) is 16.0. The number of nitrogens with zero attached hydrogens (tertiary/aromatic N) is 4. The molecule has 0 spiro atoms. The second-order valence-corrected chi connectivity index (χ2v) is 8.01. The molecular weight excluding hydrogens is 414 g/mol. The molecule has 3 aromatic rings. The number of nitrogens with one attached hydrogen (secondary N) is 1. The lowest BCUT2D eigenvalue weighted by atomic mass is 10.0. The van der Waals surface area contributed by atoms with E-state index in [1.165, 1.54) is 30.8 Å². The van der Waals surface area contributed by atoms with Crippen molar-refractivity contribution in [3.05, 3.63) is 45.9 Å². The zero-order chi connectivity index (χ0) is 20.6. The van der Waals surface area contributed by atoms with Gasteiger partial charge in [0.15, 0.2) is 5.01 Å². The van der Waals surface area contributed by atoms with Gasteiger partial charge in [-0.1, -0.05) is 22.9 Å². The summed E-state index contributed by atoms with van der Waals surface area (Å²) in [4.78, 5) is 21.3. The molecule has 150 valence electrons. The average molecular weight is 432 g/mol. The molecule has 0 unspecified atom stereocenters. The summed E-state index contributed by atoms with van der Waals surface area (Å²) >= 11 is 7.39. The van der Waals surface area contributed by atoms with Crippen molar-refractivity contribution in [1.82, 2.24) is 20.2 Å². The Labute approximate surface area is 176 Å². The lowest BCUT2D eigenvalue weighted by Gasteiger charge is -2.13. The third kappa shape index (κ3) is 3.81. The molecule has 1 aliphatic carbocycles. The van der Waals surface area contributed by atoms with E-state index in [2.05, 4.69) is 25.5 Å². The summed E-state index contributed by atoms with van der Waals surface area (Å²) in [5.74, 6) is 0.149. The SMILES string of the molecule is COc1cnc(Cl)cc1-c1cc(C)ncc1C(=O)Nc1nnc(C2(OC)CC2)s1. The van der Waals surface area contributed by atoms with E-state index in [4.69, 9.17) is 21.1 Å². The van der Waals surface area contributed by atoms with E-state index in [0.717, 1.165) is 23.5 Å². The number of hydrogen-bond acceptors (Lipinski definition) is 8. The van der Waals surface area contributed by atoms with E-state index in [0.29, 0.717) is 32.7 Å². The fourth-order valence-electron chi connectivity index (χ4n) is 3.00. The first-order chi connectivity index (χ1) is 14.0. The van der Waals surface area contributed by atoms with Gasteiger partial charge in [0.2, 0.25) is 5.13 Å². The summed E-state index contributed by atoms with van der Waals surface area (Å²) in [6.07, 6.45) is 4.85. The lowest BCUT2D eigenvalue weighted by Crippen LogP contribution is -2.14. The first-order valence-corrected chi connectivity index (χ1v) is 10.0. The van der Waals surface area contributed by atoms with Crippen LogP contribution in [0, 0.1) is 6.92 Å². The third-order valence-electron chi connectivity index (χ3n) is 4.76. The van der Waals surface area contributed by atoms with Gasteiger partial charge in [0, 0.05) is 30.1 Å². The molecule has 1 saturated carbocycles. The van der Waals surface area contributed by atoms with Gasteiger partial charge in [-0.05, 0) is 31.9 Å². The minimum Gasteiger partial charge on any atom is -0.494 e. The highest BCUT2D eigenvalue weighted by Gasteiger charge is 2.48. The van der Waals surface area contributed by atoms with Gasteiger partial charge < -0.3 is 9.47 Å². The zero-order valence-corrected chi connectivity index (χ0v) is 17.6. The van der Waals surface area contributed by atoms with Crippen LogP contribution in [0.25, 0.3) is 11.1 Å². The van der Waals surface area contributed by atoms with Gasteiger partial charge in [0.25, 0.3) is 5.91 Å². The van der Waals surface area contributed by atoms with E-state index in [1.54, 1.807) is 19.2 Å².